The zero-order chi connectivity index (χ0) is 13.1. The molecule has 0 amide bonds. The van der Waals surface area contributed by atoms with Crippen molar-refractivity contribution < 1.29 is 14.3 Å². The highest BCUT2D eigenvalue weighted by Crippen LogP contribution is 2.30. The van der Waals surface area contributed by atoms with Crippen LogP contribution >= 0.6 is 11.6 Å². The highest BCUT2D eigenvalue weighted by Gasteiger charge is 2.22. The quantitative estimate of drug-likeness (QED) is 0.904. The first-order valence-electron chi connectivity index (χ1n) is 5.57. The van der Waals surface area contributed by atoms with Crippen LogP contribution in [0.2, 0.25) is 5.02 Å². The lowest BCUT2D eigenvalue weighted by molar-refractivity contribution is 0.171. The number of hydrogen-bond acceptors (Lipinski definition) is 4. The van der Waals surface area contributed by atoms with E-state index in [9.17, 15) is 5.11 Å². The smallest absolute Gasteiger partial charge is 0.126 e. The van der Waals surface area contributed by atoms with E-state index in [4.69, 9.17) is 20.8 Å². The van der Waals surface area contributed by atoms with Crippen LogP contribution in [0.5, 0.6) is 0 Å². The van der Waals surface area contributed by atoms with E-state index in [2.05, 4.69) is 5.10 Å². The van der Waals surface area contributed by atoms with E-state index in [-0.39, 0.29) is 0 Å². The average molecular weight is 271 g/mol. The van der Waals surface area contributed by atoms with Gasteiger partial charge < -0.3 is 14.3 Å². The van der Waals surface area contributed by atoms with Crippen molar-refractivity contribution >= 4 is 11.6 Å². The summed E-state index contributed by atoms with van der Waals surface area (Å²) >= 11 is 6.07. The highest BCUT2D eigenvalue weighted by atomic mass is 35.5. The first-order valence-corrected chi connectivity index (χ1v) is 5.95. The molecule has 0 fully saturated rings. The summed E-state index contributed by atoms with van der Waals surface area (Å²) in [6, 6.07) is 1.73. The van der Waals surface area contributed by atoms with Gasteiger partial charge in [-0.15, -0.1) is 0 Å². The lowest BCUT2D eigenvalue weighted by atomic mass is 10.1. The molecule has 0 saturated carbocycles. The molecule has 0 saturated heterocycles. The van der Waals surface area contributed by atoms with Gasteiger partial charge in [-0.1, -0.05) is 11.6 Å². The van der Waals surface area contributed by atoms with Crippen LogP contribution in [-0.4, -0.2) is 28.6 Å². The Hall–Kier alpha value is -1.30. The normalized spacial score (nSPS) is 12.9. The molecule has 5 nitrogen and oxygen atoms in total. The molecule has 1 atom stereocenters. The predicted octanol–water partition coefficient (Wildman–Crippen LogP) is 2.17. The molecule has 2 rings (SSSR count). The number of furan rings is 1. The Bertz CT molecular complexity index is 521. The molecule has 2 aromatic rings. The van der Waals surface area contributed by atoms with Crippen molar-refractivity contribution in [3.63, 3.8) is 0 Å². The van der Waals surface area contributed by atoms with Crippen LogP contribution in [0.15, 0.2) is 22.9 Å². The third kappa shape index (κ3) is 2.43. The molecule has 18 heavy (non-hydrogen) atoms. The van der Waals surface area contributed by atoms with Crippen LogP contribution in [0.4, 0.5) is 0 Å². The molecule has 0 aromatic carbocycles. The summed E-state index contributed by atoms with van der Waals surface area (Å²) in [5.74, 6) is 0.665. The van der Waals surface area contributed by atoms with Crippen molar-refractivity contribution in [3.05, 3.63) is 40.6 Å². The van der Waals surface area contributed by atoms with E-state index in [1.54, 1.807) is 24.8 Å². The Labute approximate surface area is 110 Å². The number of aliphatic hydroxyl groups excluding tert-OH is 1. The number of ether oxygens (including phenoxy) is 1. The second kappa shape index (κ2) is 5.56. The minimum atomic E-state index is -0.851. The van der Waals surface area contributed by atoms with E-state index in [0.717, 1.165) is 0 Å². The van der Waals surface area contributed by atoms with Crippen molar-refractivity contribution in [3.8, 4) is 0 Å². The summed E-state index contributed by atoms with van der Waals surface area (Å²) in [6.45, 7) is 2.83. The number of hydrogen-bond donors (Lipinski definition) is 1. The van der Waals surface area contributed by atoms with Gasteiger partial charge in [-0.05, 0) is 13.0 Å². The zero-order valence-electron chi connectivity index (χ0n) is 10.3. The van der Waals surface area contributed by atoms with Gasteiger partial charge in [0.1, 0.15) is 11.9 Å². The zero-order valence-corrected chi connectivity index (χ0v) is 11.0. The second-order valence-electron chi connectivity index (χ2n) is 3.93. The SMILES string of the molecule is COCCn1ncc(Cl)c1C(O)c1ccoc1C. The Morgan fingerprint density at radius 1 is 1.61 bits per heavy atom. The van der Waals surface area contributed by atoms with Crippen molar-refractivity contribution in [1.29, 1.82) is 0 Å². The summed E-state index contributed by atoms with van der Waals surface area (Å²) in [6.07, 6.45) is 2.21. The number of aromatic nitrogens is 2. The van der Waals surface area contributed by atoms with Crippen molar-refractivity contribution in [2.75, 3.05) is 13.7 Å². The topological polar surface area (TPSA) is 60.4 Å². The number of methoxy groups -OCH3 is 1. The molecule has 0 aliphatic rings. The first kappa shape index (κ1) is 13.1. The predicted molar refractivity (Wildman–Crippen MR) is 66.6 cm³/mol. The van der Waals surface area contributed by atoms with Crippen molar-refractivity contribution in [2.45, 2.75) is 19.6 Å². The summed E-state index contributed by atoms with van der Waals surface area (Å²) in [5, 5.41) is 14.9. The number of aryl methyl sites for hydroxylation is 1. The maximum absolute atomic E-state index is 10.4. The Balaban J connectivity index is 2.32. The molecular weight excluding hydrogens is 256 g/mol. The third-order valence-electron chi connectivity index (χ3n) is 2.79. The first-order chi connectivity index (χ1) is 8.65. The van der Waals surface area contributed by atoms with Gasteiger partial charge >= 0.3 is 0 Å². The highest BCUT2D eigenvalue weighted by molar-refractivity contribution is 6.31. The molecule has 1 unspecified atom stereocenters. The maximum Gasteiger partial charge on any atom is 0.126 e. The van der Waals surface area contributed by atoms with E-state index in [1.807, 2.05) is 0 Å². The third-order valence-corrected chi connectivity index (χ3v) is 3.08. The fourth-order valence-electron chi connectivity index (χ4n) is 1.83. The molecule has 2 aromatic heterocycles. The lowest BCUT2D eigenvalue weighted by Gasteiger charge is -2.13. The lowest BCUT2D eigenvalue weighted by Crippen LogP contribution is -2.13. The molecule has 1 N–H and O–H groups in total. The van der Waals surface area contributed by atoms with Crippen LogP contribution in [0.25, 0.3) is 0 Å². The molecule has 0 aliphatic carbocycles. The molecule has 0 spiro atoms. The molecule has 0 radical (unpaired) electrons. The van der Waals surface area contributed by atoms with Gasteiger partial charge in [-0.3, -0.25) is 4.68 Å². The van der Waals surface area contributed by atoms with Gasteiger partial charge in [0.05, 0.1) is 36.3 Å². The monoisotopic (exact) mass is 270 g/mol. The largest absolute Gasteiger partial charge is 0.469 e. The van der Waals surface area contributed by atoms with Crippen LogP contribution in [-0.2, 0) is 11.3 Å². The molecular formula is C12H15ClN2O3. The molecule has 0 aliphatic heterocycles. The van der Waals surface area contributed by atoms with Gasteiger partial charge in [0, 0.05) is 12.7 Å². The van der Waals surface area contributed by atoms with Crippen LogP contribution in [0, 0.1) is 6.92 Å². The van der Waals surface area contributed by atoms with Gasteiger partial charge in [0.25, 0.3) is 0 Å². The van der Waals surface area contributed by atoms with Gasteiger partial charge in [-0.25, -0.2) is 0 Å². The maximum atomic E-state index is 10.4. The van der Waals surface area contributed by atoms with Gasteiger partial charge in [0.15, 0.2) is 0 Å². The summed E-state index contributed by atoms with van der Waals surface area (Å²) < 4.78 is 11.8. The fraction of sp³-hybridized carbons (Fsp3) is 0.417. The summed E-state index contributed by atoms with van der Waals surface area (Å²) in [4.78, 5) is 0. The number of nitrogens with zero attached hydrogens (tertiary/aromatic N) is 2. The van der Waals surface area contributed by atoms with Crippen molar-refractivity contribution in [2.24, 2.45) is 0 Å². The minimum Gasteiger partial charge on any atom is -0.469 e. The Morgan fingerprint density at radius 2 is 2.39 bits per heavy atom. The molecule has 2 heterocycles. The number of aliphatic hydroxyl groups is 1. The number of halogens is 1. The summed E-state index contributed by atoms with van der Waals surface area (Å²) in [5.41, 5.74) is 1.24. The second-order valence-corrected chi connectivity index (χ2v) is 4.34. The standard InChI is InChI=1S/C12H15ClN2O3/c1-8-9(3-5-18-8)12(16)11-10(13)7-14-15(11)4-6-17-2/h3,5,7,12,16H,4,6H2,1-2H3. The summed E-state index contributed by atoms with van der Waals surface area (Å²) in [7, 11) is 1.61. The van der Waals surface area contributed by atoms with E-state index in [0.29, 0.717) is 35.2 Å². The molecule has 98 valence electrons. The number of rotatable bonds is 5. The van der Waals surface area contributed by atoms with E-state index in [1.165, 1.54) is 12.5 Å². The Kier molecular flexibility index (Phi) is 4.06. The van der Waals surface area contributed by atoms with Crippen LogP contribution < -0.4 is 0 Å². The average Bonchev–Trinajstić information content (AvgIpc) is 2.92. The van der Waals surface area contributed by atoms with Gasteiger partial charge in [0.2, 0.25) is 0 Å². The van der Waals surface area contributed by atoms with E-state index >= 15 is 0 Å². The fourth-order valence-corrected chi connectivity index (χ4v) is 2.07. The minimum absolute atomic E-state index is 0.430. The molecule has 6 heteroatoms. The Morgan fingerprint density at radius 3 is 3.00 bits per heavy atom. The van der Waals surface area contributed by atoms with Crippen LogP contribution in [0.3, 0.4) is 0 Å². The van der Waals surface area contributed by atoms with Gasteiger partial charge in [-0.2, -0.15) is 5.10 Å². The molecule has 0 bridgehead atoms. The van der Waals surface area contributed by atoms with Crippen LogP contribution in [0.1, 0.15) is 23.1 Å². The van der Waals surface area contributed by atoms with E-state index < -0.39 is 6.10 Å². The van der Waals surface area contributed by atoms with Crippen molar-refractivity contribution in [1.82, 2.24) is 9.78 Å².